The van der Waals surface area contributed by atoms with Crippen LogP contribution in [0.2, 0.25) is 0 Å². The molecule has 0 saturated carbocycles. The Bertz CT molecular complexity index is 1470. The number of hydrazone groups is 1. The highest BCUT2D eigenvalue weighted by Gasteiger charge is 2.30. The lowest BCUT2D eigenvalue weighted by atomic mass is 10.1. The normalized spacial score (nSPS) is 12.6. The number of guanidine groups is 1. The fraction of sp³-hybridized carbons (Fsp3) is 0.235. The first-order valence-electron chi connectivity index (χ1n) is 14.3. The number of aliphatic imine (C=N–C) groups is 2. The SMILES string of the molecule is C=CC=CCC(C/C(F)=C\N=C(N/N=C/c1ccc(Nc2cccc(C(F)(F)F)c2)cn1)N(C)C)=NCc1ccccc1.CC. The van der Waals surface area contributed by atoms with E-state index in [4.69, 9.17) is 0 Å². The molecule has 238 valence electrons. The van der Waals surface area contributed by atoms with Crippen LogP contribution in [0.4, 0.5) is 28.9 Å². The smallest absolute Gasteiger partial charge is 0.354 e. The first-order valence-corrected chi connectivity index (χ1v) is 14.3. The zero-order valence-corrected chi connectivity index (χ0v) is 25.9. The number of alkyl halides is 3. The van der Waals surface area contributed by atoms with Crippen molar-refractivity contribution < 1.29 is 17.6 Å². The summed E-state index contributed by atoms with van der Waals surface area (Å²) < 4.78 is 53.7. The van der Waals surface area contributed by atoms with Crippen molar-refractivity contribution in [1.82, 2.24) is 15.3 Å². The summed E-state index contributed by atoms with van der Waals surface area (Å²) in [4.78, 5) is 14.7. The number of benzene rings is 2. The third-order valence-corrected chi connectivity index (χ3v) is 5.70. The monoisotopic (exact) mass is 621 g/mol. The average Bonchev–Trinajstić information content (AvgIpc) is 3.03. The van der Waals surface area contributed by atoms with Crippen LogP contribution in [-0.4, -0.2) is 41.9 Å². The van der Waals surface area contributed by atoms with Crippen LogP contribution in [0, 0.1) is 0 Å². The molecule has 0 bridgehead atoms. The predicted octanol–water partition coefficient (Wildman–Crippen LogP) is 8.69. The Hall–Kier alpha value is -5.06. The molecule has 0 atom stereocenters. The third-order valence-electron chi connectivity index (χ3n) is 5.70. The molecule has 1 aromatic heterocycles. The van der Waals surface area contributed by atoms with Gasteiger partial charge in [0.05, 0.1) is 42.1 Å². The number of hydrogen-bond donors (Lipinski definition) is 2. The highest BCUT2D eigenvalue weighted by Crippen LogP contribution is 2.31. The second-order valence-corrected chi connectivity index (χ2v) is 9.38. The van der Waals surface area contributed by atoms with E-state index in [2.05, 4.69) is 37.4 Å². The molecule has 7 nitrogen and oxygen atoms in total. The number of hydrogen-bond acceptors (Lipinski definition) is 5. The van der Waals surface area contributed by atoms with Gasteiger partial charge in [0, 0.05) is 38.3 Å². The Morgan fingerprint density at radius 3 is 2.40 bits per heavy atom. The van der Waals surface area contributed by atoms with Crippen molar-refractivity contribution in [2.24, 2.45) is 15.1 Å². The van der Waals surface area contributed by atoms with Crippen molar-refractivity contribution in [3.05, 3.63) is 127 Å². The van der Waals surface area contributed by atoms with Gasteiger partial charge in [0.15, 0.2) is 0 Å². The van der Waals surface area contributed by atoms with Gasteiger partial charge in [0.2, 0.25) is 5.96 Å². The zero-order chi connectivity index (χ0) is 33.1. The van der Waals surface area contributed by atoms with Gasteiger partial charge in [-0.2, -0.15) is 18.3 Å². The Kier molecular flexibility index (Phi) is 15.5. The molecule has 2 N–H and O–H groups in total. The summed E-state index contributed by atoms with van der Waals surface area (Å²) in [6, 6.07) is 17.9. The van der Waals surface area contributed by atoms with Crippen molar-refractivity contribution in [2.45, 2.75) is 39.4 Å². The third kappa shape index (κ3) is 13.8. The van der Waals surface area contributed by atoms with Crippen LogP contribution in [0.25, 0.3) is 0 Å². The number of anilines is 2. The van der Waals surface area contributed by atoms with E-state index in [0.717, 1.165) is 23.9 Å². The van der Waals surface area contributed by atoms with Crippen molar-refractivity contribution in [2.75, 3.05) is 19.4 Å². The van der Waals surface area contributed by atoms with E-state index in [0.29, 0.717) is 30.1 Å². The quantitative estimate of drug-likeness (QED) is 0.0698. The molecule has 0 fully saturated rings. The molecule has 3 rings (SSSR count). The number of nitrogens with one attached hydrogen (secondary N) is 2. The maximum Gasteiger partial charge on any atom is 0.416 e. The van der Waals surface area contributed by atoms with Gasteiger partial charge in [-0.05, 0) is 35.9 Å². The summed E-state index contributed by atoms with van der Waals surface area (Å²) in [7, 11) is 3.46. The van der Waals surface area contributed by atoms with Crippen LogP contribution in [0.5, 0.6) is 0 Å². The van der Waals surface area contributed by atoms with Crippen LogP contribution in [0.15, 0.2) is 125 Å². The first-order chi connectivity index (χ1) is 21.6. The van der Waals surface area contributed by atoms with E-state index >= 15 is 0 Å². The lowest BCUT2D eigenvalue weighted by Crippen LogP contribution is -2.33. The van der Waals surface area contributed by atoms with Crippen molar-refractivity contribution in [3.63, 3.8) is 0 Å². The van der Waals surface area contributed by atoms with E-state index in [-0.39, 0.29) is 18.1 Å². The van der Waals surface area contributed by atoms with Crippen molar-refractivity contribution in [1.29, 1.82) is 0 Å². The molecule has 0 saturated heterocycles. The Morgan fingerprint density at radius 2 is 1.76 bits per heavy atom. The minimum atomic E-state index is -4.43. The first kappa shape index (κ1) is 36.1. The van der Waals surface area contributed by atoms with Crippen LogP contribution in [0.3, 0.4) is 0 Å². The molecule has 0 aliphatic heterocycles. The molecule has 3 aromatic rings. The topological polar surface area (TPSA) is 77.3 Å². The number of halogens is 4. The lowest BCUT2D eigenvalue weighted by molar-refractivity contribution is -0.137. The van der Waals surface area contributed by atoms with Crippen LogP contribution >= 0.6 is 0 Å². The van der Waals surface area contributed by atoms with Gasteiger partial charge in [-0.25, -0.2) is 14.8 Å². The van der Waals surface area contributed by atoms with Gasteiger partial charge in [-0.1, -0.05) is 75.1 Å². The fourth-order valence-corrected chi connectivity index (χ4v) is 3.55. The fourth-order valence-electron chi connectivity index (χ4n) is 3.55. The van der Waals surface area contributed by atoms with Crippen LogP contribution < -0.4 is 10.7 Å². The lowest BCUT2D eigenvalue weighted by Gasteiger charge is -2.13. The number of rotatable bonds is 12. The van der Waals surface area contributed by atoms with E-state index in [1.807, 2.05) is 50.3 Å². The summed E-state index contributed by atoms with van der Waals surface area (Å²) in [5.74, 6) is -0.182. The molecule has 0 amide bonds. The van der Waals surface area contributed by atoms with E-state index < -0.39 is 17.6 Å². The van der Waals surface area contributed by atoms with Crippen molar-refractivity contribution >= 4 is 29.3 Å². The molecular weight excluding hydrogens is 582 g/mol. The molecule has 2 aromatic carbocycles. The largest absolute Gasteiger partial charge is 0.416 e. The van der Waals surface area contributed by atoms with E-state index in [9.17, 15) is 17.6 Å². The van der Waals surface area contributed by atoms with Gasteiger partial charge >= 0.3 is 6.18 Å². The molecule has 1 heterocycles. The molecule has 0 spiro atoms. The summed E-state index contributed by atoms with van der Waals surface area (Å²) in [5, 5.41) is 7.01. The predicted molar refractivity (Wildman–Crippen MR) is 178 cm³/mol. The molecule has 0 aliphatic carbocycles. The number of allylic oxidation sites excluding steroid dienone is 4. The summed E-state index contributed by atoms with van der Waals surface area (Å²) in [6.45, 7) is 8.11. The Balaban J connectivity index is 0.00000345. The molecule has 0 radical (unpaired) electrons. The minimum Gasteiger partial charge on any atom is -0.354 e. The number of nitrogens with zero attached hydrogens (tertiary/aromatic N) is 5. The van der Waals surface area contributed by atoms with Crippen LogP contribution in [-0.2, 0) is 12.7 Å². The number of pyridine rings is 1. The maximum atomic E-state index is 14.8. The standard InChI is InChI=1S/C32H33F4N7.C2H6/c1-4-5-7-14-27(37-20-24-11-8-6-9-12-24)19-26(33)21-39-31(43(2)3)42-40-23-29-16-17-30(22-38-29)41-28-15-10-13-25(18-28)32(34,35)36;1-2/h4-13,15-18,21-23,41H,1,14,19-20H2,2-3H3,(H,39,42);1-2H3/b7-5?,26-21+,37-27?,40-23+;. The summed E-state index contributed by atoms with van der Waals surface area (Å²) >= 11 is 0. The van der Waals surface area contributed by atoms with E-state index in [1.54, 1.807) is 43.3 Å². The highest BCUT2D eigenvalue weighted by molar-refractivity contribution is 5.88. The van der Waals surface area contributed by atoms with Crippen molar-refractivity contribution in [3.8, 4) is 0 Å². The molecule has 0 aliphatic rings. The molecular formula is C34H39F4N7. The number of aromatic nitrogens is 1. The molecule has 45 heavy (non-hydrogen) atoms. The van der Waals surface area contributed by atoms with Gasteiger partial charge in [-0.3, -0.25) is 9.98 Å². The average molecular weight is 622 g/mol. The van der Waals surface area contributed by atoms with Gasteiger partial charge in [0.25, 0.3) is 0 Å². The molecule has 11 heteroatoms. The highest BCUT2D eigenvalue weighted by atomic mass is 19.4. The Labute approximate surface area is 262 Å². The zero-order valence-electron chi connectivity index (χ0n) is 25.9. The maximum absolute atomic E-state index is 14.8. The minimum absolute atomic E-state index is 0.00654. The summed E-state index contributed by atoms with van der Waals surface area (Å²) in [6.07, 6.45) is 5.41. The van der Waals surface area contributed by atoms with Gasteiger partial charge < -0.3 is 10.2 Å². The summed E-state index contributed by atoms with van der Waals surface area (Å²) in [5.41, 5.74) is 4.99. The van der Waals surface area contributed by atoms with Crippen LogP contribution in [0.1, 0.15) is 43.5 Å². The van der Waals surface area contributed by atoms with E-state index in [1.165, 1.54) is 24.5 Å². The van der Waals surface area contributed by atoms with Gasteiger partial charge in [-0.15, -0.1) is 0 Å². The van der Waals surface area contributed by atoms with Gasteiger partial charge in [0.1, 0.15) is 5.83 Å². The molecule has 0 unspecified atom stereocenters. The Morgan fingerprint density at radius 1 is 1.00 bits per heavy atom. The second-order valence-electron chi connectivity index (χ2n) is 9.38. The second kappa shape index (κ2) is 19.3.